The lowest BCUT2D eigenvalue weighted by Gasteiger charge is -2.41. The number of rotatable bonds is 15. The third kappa shape index (κ3) is 8.58. The topological polar surface area (TPSA) is 238 Å². The Labute approximate surface area is 305 Å². The maximum atomic E-state index is 14.8. The number of carbonyl (C=O) groups is 7. The van der Waals surface area contributed by atoms with Crippen molar-refractivity contribution in [1.29, 1.82) is 0 Å². The van der Waals surface area contributed by atoms with Crippen LogP contribution in [0.2, 0.25) is 0 Å². The molecule has 2 unspecified atom stereocenters. The predicted molar refractivity (Wildman–Crippen MR) is 188 cm³/mol. The van der Waals surface area contributed by atoms with Gasteiger partial charge in [-0.05, 0) is 70.7 Å². The molecule has 284 valence electrons. The van der Waals surface area contributed by atoms with E-state index in [0.717, 1.165) is 29.2 Å². The summed E-state index contributed by atoms with van der Waals surface area (Å²) in [5.74, 6) is -4.75. The highest BCUT2D eigenvalue weighted by Gasteiger charge is 2.67. The lowest BCUT2D eigenvalue weighted by Crippen LogP contribution is -2.70. The summed E-state index contributed by atoms with van der Waals surface area (Å²) in [6, 6.07) is 8.46. The number of benzene rings is 2. The molecule has 1 saturated heterocycles. The largest absolute Gasteiger partial charge is 0.417 e. The summed E-state index contributed by atoms with van der Waals surface area (Å²) in [6.45, 7) is 4.56. The van der Waals surface area contributed by atoms with Crippen LogP contribution < -0.4 is 21.1 Å². The molecule has 5 atom stereocenters. The first kappa shape index (κ1) is 40.2. The Morgan fingerprint density at radius 1 is 1.06 bits per heavy atom. The molecule has 17 heteroatoms. The Balaban J connectivity index is 1.63. The fraction of sp³-hybridized carbons (Fsp3) is 0.472. The number of non-ortho nitro benzene ring substituents is 1. The number of methoxy groups -OCH3 is 1. The molecule has 1 saturated carbocycles. The molecule has 0 bridgehead atoms. The molecule has 4 amide bonds. The maximum Gasteiger partial charge on any atom is 0.417 e. The van der Waals surface area contributed by atoms with Gasteiger partial charge in [0.15, 0.2) is 11.6 Å². The second-order valence-electron chi connectivity index (χ2n) is 13.2. The third-order valence-corrected chi connectivity index (χ3v) is 9.25. The third-order valence-electron chi connectivity index (χ3n) is 9.25. The first-order chi connectivity index (χ1) is 25.1. The number of nitro benzene ring substituents is 1. The van der Waals surface area contributed by atoms with Gasteiger partial charge in [-0.2, -0.15) is 0 Å². The Kier molecular flexibility index (Phi) is 13.1. The molecular formula is C36H44N6O11. The van der Waals surface area contributed by atoms with Gasteiger partial charge in [0, 0.05) is 50.4 Å². The van der Waals surface area contributed by atoms with Gasteiger partial charge in [0.25, 0.3) is 11.6 Å². The Morgan fingerprint density at radius 3 is 2.28 bits per heavy atom. The van der Waals surface area contributed by atoms with Crippen molar-refractivity contribution in [3.05, 3.63) is 70.3 Å². The summed E-state index contributed by atoms with van der Waals surface area (Å²) in [4.78, 5) is 109. The SMILES string of the molecule is COC1CC(=O)C(C(=O)[C@@H]2CCCN2C(=O)[C@H](CCCNC(=O)c2ccccc2)NC(=O)[C@H](C)N)(N(C(=O)Oc2ccc([N+](=O)[O-])cc2)C(C)C)C1=O. The van der Waals surface area contributed by atoms with E-state index in [1.165, 1.54) is 32.8 Å². The van der Waals surface area contributed by atoms with Gasteiger partial charge >= 0.3 is 6.09 Å². The Bertz CT molecular complexity index is 1730. The molecule has 1 aliphatic carbocycles. The zero-order valence-corrected chi connectivity index (χ0v) is 29.9. The van der Waals surface area contributed by atoms with E-state index in [-0.39, 0.29) is 49.7 Å². The van der Waals surface area contributed by atoms with Crippen LogP contribution in [0.3, 0.4) is 0 Å². The van der Waals surface area contributed by atoms with Gasteiger partial charge in [-0.25, -0.2) is 4.79 Å². The van der Waals surface area contributed by atoms with Crippen LogP contribution in [0.15, 0.2) is 54.6 Å². The molecule has 2 aliphatic rings. The number of nitro groups is 1. The summed E-state index contributed by atoms with van der Waals surface area (Å²) < 4.78 is 10.7. The number of nitrogens with zero attached hydrogens (tertiary/aromatic N) is 3. The van der Waals surface area contributed by atoms with E-state index in [9.17, 15) is 43.7 Å². The molecule has 0 spiro atoms. The van der Waals surface area contributed by atoms with Crippen molar-refractivity contribution in [2.24, 2.45) is 5.73 Å². The average molecular weight is 737 g/mol. The van der Waals surface area contributed by atoms with Crippen LogP contribution in [0.4, 0.5) is 10.5 Å². The van der Waals surface area contributed by atoms with Gasteiger partial charge in [-0.1, -0.05) is 18.2 Å². The van der Waals surface area contributed by atoms with Crippen molar-refractivity contribution in [2.45, 2.75) is 88.7 Å². The number of ether oxygens (including phenoxy) is 2. The Morgan fingerprint density at radius 2 is 1.72 bits per heavy atom. The maximum absolute atomic E-state index is 14.8. The molecular weight excluding hydrogens is 692 g/mol. The molecule has 1 heterocycles. The van der Waals surface area contributed by atoms with E-state index in [0.29, 0.717) is 12.0 Å². The van der Waals surface area contributed by atoms with Crippen LogP contribution in [0.5, 0.6) is 5.75 Å². The highest BCUT2D eigenvalue weighted by atomic mass is 16.6. The van der Waals surface area contributed by atoms with E-state index in [1.807, 2.05) is 0 Å². The van der Waals surface area contributed by atoms with Gasteiger partial charge in [-0.15, -0.1) is 0 Å². The minimum absolute atomic E-state index is 0.0334. The van der Waals surface area contributed by atoms with Crippen molar-refractivity contribution in [3.63, 3.8) is 0 Å². The van der Waals surface area contributed by atoms with Crippen LogP contribution in [0.25, 0.3) is 0 Å². The standard InChI is InChI=1S/C36H44N6O11/c1-21(2)41(35(49)53-25-16-14-24(15-17-25)42(50)51)36(29(43)20-28(52-4)31(36)45)30(44)27-13-9-19-40(27)34(48)26(39-32(46)22(3)37)12-8-18-38-33(47)23-10-6-5-7-11-23/h5-7,10-11,14-17,21-22,26-28H,8-9,12-13,18-20,37H2,1-4H3,(H,38,47)(H,39,46)/t22-,26-,27-,28?,36?/m0/s1. The molecule has 17 nitrogen and oxygen atoms in total. The quantitative estimate of drug-likeness (QED) is 0.103. The molecule has 0 radical (unpaired) electrons. The zero-order chi connectivity index (χ0) is 39.0. The van der Waals surface area contributed by atoms with Crippen molar-refractivity contribution < 1.29 is 48.0 Å². The van der Waals surface area contributed by atoms with Crippen molar-refractivity contribution in [2.75, 3.05) is 20.2 Å². The first-order valence-corrected chi connectivity index (χ1v) is 17.2. The van der Waals surface area contributed by atoms with Crippen molar-refractivity contribution >= 4 is 46.9 Å². The van der Waals surface area contributed by atoms with Gasteiger partial charge in [0.05, 0.1) is 17.0 Å². The monoisotopic (exact) mass is 736 g/mol. The smallest absolute Gasteiger partial charge is 0.410 e. The van der Waals surface area contributed by atoms with E-state index in [1.54, 1.807) is 30.3 Å². The molecule has 53 heavy (non-hydrogen) atoms. The molecule has 2 fully saturated rings. The number of Topliss-reactive ketones (excluding diaryl/α,β-unsaturated/α-hetero) is 3. The number of likely N-dealkylation sites (tertiary alicyclic amines) is 1. The summed E-state index contributed by atoms with van der Waals surface area (Å²) in [5, 5.41) is 16.5. The van der Waals surface area contributed by atoms with E-state index in [4.69, 9.17) is 15.2 Å². The molecule has 0 aromatic heterocycles. The second-order valence-corrected chi connectivity index (χ2v) is 13.2. The number of nitrogens with one attached hydrogen (secondary N) is 2. The molecule has 2 aromatic carbocycles. The average Bonchev–Trinajstić information content (AvgIpc) is 3.72. The van der Waals surface area contributed by atoms with Crippen molar-refractivity contribution in [3.8, 4) is 5.75 Å². The molecule has 2 aromatic rings. The highest BCUT2D eigenvalue weighted by Crippen LogP contribution is 2.38. The number of ketones is 3. The van der Waals surface area contributed by atoms with E-state index >= 15 is 0 Å². The lowest BCUT2D eigenvalue weighted by molar-refractivity contribution is -0.384. The van der Waals surface area contributed by atoms with Crippen molar-refractivity contribution in [1.82, 2.24) is 20.4 Å². The van der Waals surface area contributed by atoms with Gasteiger partial charge in [-0.3, -0.25) is 43.8 Å². The lowest BCUT2D eigenvalue weighted by atomic mass is 9.82. The minimum Gasteiger partial charge on any atom is -0.410 e. The number of nitrogens with two attached hydrogens (primary N) is 1. The molecule has 1 aliphatic heterocycles. The van der Waals surface area contributed by atoms with Crippen LogP contribution >= 0.6 is 0 Å². The summed E-state index contributed by atoms with van der Waals surface area (Å²) in [5.41, 5.74) is 3.20. The minimum atomic E-state index is -2.74. The van der Waals surface area contributed by atoms with Gasteiger partial charge in [0.2, 0.25) is 23.1 Å². The van der Waals surface area contributed by atoms with Crippen LogP contribution in [0, 0.1) is 10.1 Å². The van der Waals surface area contributed by atoms with E-state index in [2.05, 4.69) is 10.6 Å². The predicted octanol–water partition coefficient (Wildman–Crippen LogP) is 1.70. The number of carbonyl (C=O) groups excluding carboxylic acids is 7. The summed E-state index contributed by atoms with van der Waals surface area (Å²) in [6.07, 6.45) is -2.55. The fourth-order valence-corrected chi connectivity index (χ4v) is 6.63. The highest BCUT2D eigenvalue weighted by molar-refractivity contribution is 6.36. The first-order valence-electron chi connectivity index (χ1n) is 17.2. The molecule has 4 N–H and O–H groups in total. The van der Waals surface area contributed by atoms with Gasteiger partial charge < -0.3 is 30.7 Å². The van der Waals surface area contributed by atoms with E-state index < -0.39 is 82.4 Å². The van der Waals surface area contributed by atoms with Gasteiger partial charge in [0.1, 0.15) is 17.9 Å². The van der Waals surface area contributed by atoms with Crippen LogP contribution in [-0.4, -0.2) is 112 Å². The van der Waals surface area contributed by atoms with Crippen LogP contribution in [-0.2, 0) is 28.7 Å². The Hall–Kier alpha value is -5.55. The number of hydrogen-bond acceptors (Lipinski definition) is 12. The van der Waals surface area contributed by atoms with Crippen LogP contribution in [0.1, 0.15) is 63.2 Å². The second kappa shape index (κ2) is 17.3. The fourth-order valence-electron chi connectivity index (χ4n) is 6.63. The normalized spacial score (nSPS) is 20.8. The zero-order valence-electron chi connectivity index (χ0n) is 29.9. The molecule has 4 rings (SSSR count). The summed E-state index contributed by atoms with van der Waals surface area (Å²) in [7, 11) is 1.19. The number of amides is 4. The number of hydrogen-bond donors (Lipinski definition) is 3. The summed E-state index contributed by atoms with van der Waals surface area (Å²) >= 11 is 0.